The Hall–Kier alpha value is -3.53. The van der Waals surface area contributed by atoms with E-state index in [4.69, 9.17) is 9.72 Å². The summed E-state index contributed by atoms with van der Waals surface area (Å²) in [6, 6.07) is 3.91. The molecule has 1 aliphatic carbocycles. The van der Waals surface area contributed by atoms with Crippen molar-refractivity contribution in [2.45, 2.75) is 44.9 Å². The largest absolute Gasteiger partial charge is 0.367 e. The number of halogens is 2. The van der Waals surface area contributed by atoms with Gasteiger partial charge in [0.2, 0.25) is 5.95 Å². The predicted octanol–water partition coefficient (Wildman–Crippen LogP) is 4.17. The second-order valence-electron chi connectivity index (χ2n) is 9.01. The number of hydrogen-bond donors (Lipinski definition) is 0. The summed E-state index contributed by atoms with van der Waals surface area (Å²) in [6.45, 7) is 4.88. The first-order valence-corrected chi connectivity index (χ1v) is 11.4. The van der Waals surface area contributed by atoms with Crippen LogP contribution in [-0.4, -0.2) is 48.9 Å². The van der Waals surface area contributed by atoms with Crippen molar-refractivity contribution in [2.24, 2.45) is 0 Å². The monoisotopic (exact) mass is 463 g/mol. The SMILES string of the molecule is Cc1cnc2c(-c3ccc(F)cc3F)nc(N3C[C@@H](c4cnn(C5CC5)c4)O[C@@H](C)C3)nc2n1. The van der Waals surface area contributed by atoms with Gasteiger partial charge in [-0.3, -0.25) is 4.68 Å². The minimum Gasteiger partial charge on any atom is -0.367 e. The molecular formula is C24H23F2N7O. The molecular weight excluding hydrogens is 440 g/mol. The fourth-order valence-electron chi connectivity index (χ4n) is 4.35. The quantitative estimate of drug-likeness (QED) is 0.449. The minimum absolute atomic E-state index is 0.0862. The number of ether oxygens (including phenoxy) is 1. The van der Waals surface area contributed by atoms with E-state index in [1.807, 2.05) is 35.8 Å². The van der Waals surface area contributed by atoms with E-state index in [1.165, 1.54) is 12.1 Å². The van der Waals surface area contributed by atoms with E-state index < -0.39 is 11.6 Å². The van der Waals surface area contributed by atoms with Gasteiger partial charge in [-0.15, -0.1) is 0 Å². The Bertz CT molecular complexity index is 1390. The third-order valence-corrected chi connectivity index (χ3v) is 6.16. The number of aryl methyl sites for hydroxylation is 1. The van der Waals surface area contributed by atoms with E-state index in [0.717, 1.165) is 24.5 Å². The molecule has 0 radical (unpaired) electrons. The van der Waals surface area contributed by atoms with Gasteiger partial charge in [0.1, 0.15) is 28.9 Å². The van der Waals surface area contributed by atoms with Gasteiger partial charge in [0.15, 0.2) is 5.65 Å². The molecule has 0 spiro atoms. The molecule has 4 heterocycles. The Morgan fingerprint density at radius 1 is 1.06 bits per heavy atom. The van der Waals surface area contributed by atoms with Gasteiger partial charge in [0, 0.05) is 36.1 Å². The highest BCUT2D eigenvalue weighted by Crippen LogP contribution is 2.36. The van der Waals surface area contributed by atoms with Crippen molar-refractivity contribution in [1.82, 2.24) is 29.7 Å². The molecule has 0 unspecified atom stereocenters. The maximum atomic E-state index is 14.7. The topological polar surface area (TPSA) is 81.9 Å². The maximum absolute atomic E-state index is 14.7. The third-order valence-electron chi connectivity index (χ3n) is 6.16. The van der Waals surface area contributed by atoms with Crippen molar-refractivity contribution in [3.63, 3.8) is 0 Å². The number of aromatic nitrogens is 6. The van der Waals surface area contributed by atoms with Gasteiger partial charge in [-0.25, -0.2) is 23.7 Å². The number of fused-ring (bicyclic) bond motifs is 1. The smallest absolute Gasteiger partial charge is 0.228 e. The number of benzene rings is 1. The Morgan fingerprint density at radius 2 is 1.91 bits per heavy atom. The summed E-state index contributed by atoms with van der Waals surface area (Å²) in [5.74, 6) is -0.965. The highest BCUT2D eigenvalue weighted by atomic mass is 19.1. The first kappa shape index (κ1) is 21.0. The van der Waals surface area contributed by atoms with Crippen LogP contribution in [0.2, 0.25) is 0 Å². The van der Waals surface area contributed by atoms with E-state index in [1.54, 1.807) is 6.20 Å². The van der Waals surface area contributed by atoms with Gasteiger partial charge in [0.25, 0.3) is 0 Å². The molecule has 0 amide bonds. The van der Waals surface area contributed by atoms with Crippen LogP contribution >= 0.6 is 0 Å². The average molecular weight is 463 g/mol. The van der Waals surface area contributed by atoms with Gasteiger partial charge in [-0.1, -0.05) is 0 Å². The van der Waals surface area contributed by atoms with Crippen LogP contribution in [0.5, 0.6) is 0 Å². The van der Waals surface area contributed by atoms with Crippen molar-refractivity contribution < 1.29 is 13.5 Å². The Morgan fingerprint density at radius 3 is 2.71 bits per heavy atom. The van der Waals surface area contributed by atoms with E-state index in [9.17, 15) is 8.78 Å². The summed E-state index contributed by atoms with van der Waals surface area (Å²) in [5, 5.41) is 4.49. The summed E-state index contributed by atoms with van der Waals surface area (Å²) in [4.78, 5) is 20.3. The summed E-state index contributed by atoms with van der Waals surface area (Å²) in [5.41, 5.74) is 2.84. The number of anilines is 1. The first-order valence-electron chi connectivity index (χ1n) is 11.4. The summed E-state index contributed by atoms with van der Waals surface area (Å²) in [6.07, 6.45) is 7.51. The molecule has 0 bridgehead atoms. The minimum atomic E-state index is -0.714. The highest BCUT2D eigenvalue weighted by molar-refractivity contribution is 5.88. The van der Waals surface area contributed by atoms with Gasteiger partial charge in [0.05, 0.1) is 30.6 Å². The van der Waals surface area contributed by atoms with Crippen LogP contribution in [0.1, 0.15) is 43.2 Å². The van der Waals surface area contributed by atoms with E-state index in [0.29, 0.717) is 41.9 Å². The number of nitrogens with zero attached hydrogens (tertiary/aromatic N) is 7. The first-order chi connectivity index (χ1) is 16.4. The molecule has 6 rings (SSSR count). The fraction of sp³-hybridized carbons (Fsp3) is 0.375. The third kappa shape index (κ3) is 3.87. The molecule has 4 aromatic rings. The van der Waals surface area contributed by atoms with Crippen molar-refractivity contribution >= 4 is 17.1 Å². The lowest BCUT2D eigenvalue weighted by Crippen LogP contribution is -2.43. The summed E-state index contributed by atoms with van der Waals surface area (Å²) < 4.78 is 36.5. The molecule has 3 aromatic heterocycles. The molecule has 0 N–H and O–H groups in total. The zero-order valence-corrected chi connectivity index (χ0v) is 18.8. The van der Waals surface area contributed by atoms with E-state index in [2.05, 4.69) is 20.1 Å². The predicted molar refractivity (Wildman–Crippen MR) is 121 cm³/mol. The molecule has 2 fully saturated rings. The molecule has 1 aromatic carbocycles. The van der Waals surface area contributed by atoms with Crippen LogP contribution in [0, 0.1) is 18.6 Å². The van der Waals surface area contributed by atoms with E-state index in [-0.39, 0.29) is 23.5 Å². The van der Waals surface area contributed by atoms with Gasteiger partial charge in [-0.05, 0) is 38.8 Å². The van der Waals surface area contributed by atoms with Gasteiger partial charge in [-0.2, -0.15) is 10.1 Å². The Kier molecular flexibility index (Phi) is 4.98. The van der Waals surface area contributed by atoms with Gasteiger partial charge < -0.3 is 9.64 Å². The molecule has 1 saturated heterocycles. The zero-order chi connectivity index (χ0) is 23.4. The molecule has 1 aliphatic heterocycles. The van der Waals surface area contributed by atoms with Crippen LogP contribution in [0.3, 0.4) is 0 Å². The molecule has 2 atom stereocenters. The van der Waals surface area contributed by atoms with Crippen LogP contribution in [0.15, 0.2) is 36.8 Å². The van der Waals surface area contributed by atoms with Crippen molar-refractivity contribution in [3.8, 4) is 11.3 Å². The molecule has 174 valence electrons. The normalized spacial score (nSPS) is 20.8. The lowest BCUT2D eigenvalue weighted by Gasteiger charge is -2.36. The molecule has 2 aliphatic rings. The number of rotatable bonds is 4. The maximum Gasteiger partial charge on any atom is 0.228 e. The van der Waals surface area contributed by atoms with Crippen molar-refractivity contribution in [2.75, 3.05) is 18.0 Å². The van der Waals surface area contributed by atoms with Crippen LogP contribution < -0.4 is 4.90 Å². The second-order valence-corrected chi connectivity index (χ2v) is 9.01. The average Bonchev–Trinajstić information content (AvgIpc) is 3.54. The molecule has 8 nitrogen and oxygen atoms in total. The van der Waals surface area contributed by atoms with Crippen LogP contribution in [-0.2, 0) is 4.74 Å². The Labute approximate surface area is 194 Å². The van der Waals surface area contributed by atoms with Gasteiger partial charge >= 0.3 is 0 Å². The number of hydrogen-bond acceptors (Lipinski definition) is 7. The molecule has 1 saturated carbocycles. The van der Waals surface area contributed by atoms with Crippen molar-refractivity contribution in [3.05, 3.63) is 59.7 Å². The number of morpholine rings is 1. The Balaban J connectivity index is 1.41. The molecule has 34 heavy (non-hydrogen) atoms. The van der Waals surface area contributed by atoms with Crippen molar-refractivity contribution in [1.29, 1.82) is 0 Å². The second kappa shape index (κ2) is 8.05. The summed E-state index contributed by atoms with van der Waals surface area (Å²) >= 11 is 0. The molecule has 10 heteroatoms. The highest BCUT2D eigenvalue weighted by Gasteiger charge is 2.31. The van der Waals surface area contributed by atoms with Crippen LogP contribution in [0.4, 0.5) is 14.7 Å². The standard InChI is InChI=1S/C24H23F2N7O/c1-13-8-27-22-21(18-6-3-16(25)7-19(18)26)30-24(31-23(22)29-13)32-10-14(2)34-20(12-32)15-9-28-33(11-15)17-4-5-17/h3,6-9,11,14,17,20H,4-5,10,12H2,1-2H3/t14-,20-/m0/s1. The lowest BCUT2D eigenvalue weighted by atomic mass is 10.1. The van der Waals surface area contributed by atoms with E-state index >= 15 is 0 Å². The lowest BCUT2D eigenvalue weighted by molar-refractivity contribution is -0.0178. The summed E-state index contributed by atoms with van der Waals surface area (Å²) in [7, 11) is 0. The fourth-order valence-corrected chi connectivity index (χ4v) is 4.35. The zero-order valence-electron chi connectivity index (χ0n) is 18.8. The van der Waals surface area contributed by atoms with Crippen LogP contribution in [0.25, 0.3) is 22.4 Å².